The van der Waals surface area contributed by atoms with Gasteiger partial charge in [-0.2, -0.15) is 0 Å². The Morgan fingerprint density at radius 1 is 1.16 bits per heavy atom. The molecular weight excluding hydrogens is 510 g/mol. The van der Waals surface area contributed by atoms with E-state index in [4.69, 9.17) is 25.6 Å². The number of aryl methyl sites for hydroxylation is 1. The van der Waals surface area contributed by atoms with Gasteiger partial charge < -0.3 is 24.6 Å². The van der Waals surface area contributed by atoms with E-state index < -0.39 is 6.04 Å². The minimum Gasteiger partial charge on any atom is -0.436 e. The Labute approximate surface area is 224 Å². The number of rotatable bonds is 7. The molecule has 1 fully saturated rings. The number of carbonyl (C=O) groups excluding carboxylic acids is 2. The van der Waals surface area contributed by atoms with Gasteiger partial charge in [0.1, 0.15) is 18.1 Å². The second kappa shape index (κ2) is 11.7. The van der Waals surface area contributed by atoms with Crippen molar-refractivity contribution in [3.8, 4) is 11.6 Å². The lowest BCUT2D eigenvalue weighted by Gasteiger charge is -2.33. The van der Waals surface area contributed by atoms with Crippen molar-refractivity contribution >= 4 is 35.1 Å². The van der Waals surface area contributed by atoms with Gasteiger partial charge in [0, 0.05) is 35.9 Å². The molecule has 0 saturated carbocycles. The molecule has 2 aromatic carbocycles. The summed E-state index contributed by atoms with van der Waals surface area (Å²) >= 11 is 6.05. The first-order chi connectivity index (χ1) is 18.5. The second-order valence-electron chi connectivity index (χ2n) is 9.21. The Morgan fingerprint density at radius 3 is 2.66 bits per heavy atom. The van der Waals surface area contributed by atoms with Crippen LogP contribution in [0.15, 0.2) is 64.3 Å². The molecule has 11 heteroatoms. The zero-order chi connectivity index (χ0) is 26.5. The Bertz CT molecular complexity index is 1310. The van der Waals surface area contributed by atoms with Crippen LogP contribution in [0.3, 0.4) is 0 Å². The van der Waals surface area contributed by atoms with Crippen LogP contribution in [0.5, 0.6) is 11.6 Å². The zero-order valence-corrected chi connectivity index (χ0v) is 21.6. The van der Waals surface area contributed by atoms with Gasteiger partial charge >= 0.3 is 0 Å². The van der Waals surface area contributed by atoms with Crippen LogP contribution in [-0.4, -0.2) is 53.6 Å². The summed E-state index contributed by atoms with van der Waals surface area (Å²) in [6, 6.07) is 13.7. The number of hydrogen-bond donors (Lipinski definition) is 2. The number of hydrogen-bond acceptors (Lipinski definition) is 8. The molecule has 0 spiro atoms. The molecule has 2 aliphatic rings. The first-order valence-electron chi connectivity index (χ1n) is 12.4. The van der Waals surface area contributed by atoms with E-state index in [-0.39, 0.29) is 30.8 Å². The van der Waals surface area contributed by atoms with Gasteiger partial charge in [0.15, 0.2) is 0 Å². The maximum absolute atomic E-state index is 13.6. The van der Waals surface area contributed by atoms with Crippen molar-refractivity contribution in [2.45, 2.75) is 32.4 Å². The minimum atomic E-state index is -0.747. The molecule has 1 unspecified atom stereocenters. The molecule has 3 heterocycles. The molecule has 198 valence electrons. The van der Waals surface area contributed by atoms with E-state index >= 15 is 0 Å². The molecule has 1 saturated heterocycles. The fraction of sp³-hybridized carbons (Fsp3) is 0.333. The van der Waals surface area contributed by atoms with Crippen molar-refractivity contribution in [3.05, 3.63) is 70.9 Å². The summed E-state index contributed by atoms with van der Waals surface area (Å²) in [5.74, 6) is 0.847. The Balaban J connectivity index is 1.34. The number of carbonyl (C=O) groups is 2. The van der Waals surface area contributed by atoms with E-state index in [9.17, 15) is 9.59 Å². The summed E-state index contributed by atoms with van der Waals surface area (Å²) in [6.07, 6.45) is 2.73. The number of nitrogens with zero attached hydrogens (tertiary/aromatic N) is 3. The topological polar surface area (TPSA) is 118 Å². The molecule has 2 N–H and O–H groups in total. The lowest BCUT2D eigenvalue weighted by Crippen LogP contribution is -2.57. The maximum Gasteiger partial charge on any atom is 0.259 e. The third-order valence-electron chi connectivity index (χ3n) is 6.47. The van der Waals surface area contributed by atoms with Crippen molar-refractivity contribution in [1.29, 1.82) is 0 Å². The van der Waals surface area contributed by atoms with Crippen LogP contribution in [0.2, 0.25) is 5.02 Å². The monoisotopic (exact) mass is 537 g/mol. The number of aromatic nitrogens is 1. The van der Waals surface area contributed by atoms with Gasteiger partial charge in [-0.15, -0.1) is 0 Å². The first kappa shape index (κ1) is 25.7. The van der Waals surface area contributed by atoms with E-state index in [1.165, 1.54) is 6.26 Å². The lowest BCUT2D eigenvalue weighted by atomic mass is 9.99. The predicted molar refractivity (Wildman–Crippen MR) is 141 cm³/mol. The molecule has 2 amide bonds. The van der Waals surface area contributed by atoms with Gasteiger partial charge in [0.2, 0.25) is 11.9 Å². The normalized spacial score (nSPS) is 18.2. The molecular formula is C27H28ClN5O5. The predicted octanol–water partition coefficient (Wildman–Crippen LogP) is 4.15. The van der Waals surface area contributed by atoms with E-state index in [1.807, 2.05) is 31.2 Å². The van der Waals surface area contributed by atoms with Crippen LogP contribution in [0, 0.1) is 12.8 Å². The number of halogens is 1. The summed E-state index contributed by atoms with van der Waals surface area (Å²) < 4.78 is 15.9. The molecule has 3 aromatic rings. The largest absolute Gasteiger partial charge is 0.436 e. The molecule has 0 aliphatic carbocycles. The zero-order valence-electron chi connectivity index (χ0n) is 20.9. The quantitative estimate of drug-likeness (QED) is 0.465. The lowest BCUT2D eigenvalue weighted by molar-refractivity contribution is -0.136. The van der Waals surface area contributed by atoms with E-state index in [2.05, 4.69) is 20.8 Å². The second-order valence-corrected chi connectivity index (χ2v) is 9.64. The number of benzene rings is 2. The average molecular weight is 538 g/mol. The van der Waals surface area contributed by atoms with Crippen LogP contribution in [0.25, 0.3) is 0 Å². The minimum absolute atomic E-state index is 0.136. The summed E-state index contributed by atoms with van der Waals surface area (Å²) in [6.45, 7) is 3.40. The summed E-state index contributed by atoms with van der Waals surface area (Å²) in [5.41, 5.74) is 2.46. The van der Waals surface area contributed by atoms with Gasteiger partial charge in [0.05, 0.1) is 13.1 Å². The third-order valence-corrected chi connectivity index (χ3v) is 6.72. The Morgan fingerprint density at radius 2 is 1.95 bits per heavy atom. The number of nitrogens with one attached hydrogen (secondary N) is 2. The van der Waals surface area contributed by atoms with Gasteiger partial charge in [-0.3, -0.25) is 14.5 Å². The van der Waals surface area contributed by atoms with E-state index in [0.29, 0.717) is 48.7 Å². The highest BCUT2D eigenvalue weighted by atomic mass is 35.5. The molecule has 10 nitrogen and oxygen atoms in total. The fourth-order valence-corrected chi connectivity index (χ4v) is 4.49. The molecule has 38 heavy (non-hydrogen) atoms. The van der Waals surface area contributed by atoms with Crippen molar-refractivity contribution in [2.75, 3.05) is 25.1 Å². The smallest absolute Gasteiger partial charge is 0.259 e. The van der Waals surface area contributed by atoms with Crippen LogP contribution in [0.1, 0.15) is 24.0 Å². The SMILES string of the molecule is Cc1cc(NC2=NCC(NC(=O)C3CCOCC3)C(=O)N2Cc2ccc(Cl)cc2)ccc1Oc1ccon1. The summed E-state index contributed by atoms with van der Waals surface area (Å²) in [5, 5.41) is 10.6. The summed E-state index contributed by atoms with van der Waals surface area (Å²) in [7, 11) is 0. The highest BCUT2D eigenvalue weighted by molar-refractivity contribution is 6.30. The number of aliphatic imine (C=N–C) groups is 1. The van der Waals surface area contributed by atoms with Crippen LogP contribution in [-0.2, 0) is 20.9 Å². The van der Waals surface area contributed by atoms with Crippen LogP contribution >= 0.6 is 11.6 Å². The van der Waals surface area contributed by atoms with Crippen molar-refractivity contribution in [2.24, 2.45) is 10.9 Å². The van der Waals surface area contributed by atoms with E-state index in [1.54, 1.807) is 29.2 Å². The van der Waals surface area contributed by atoms with Gasteiger partial charge in [0.25, 0.3) is 11.8 Å². The van der Waals surface area contributed by atoms with Crippen molar-refractivity contribution < 1.29 is 23.6 Å². The number of anilines is 1. The number of amides is 2. The average Bonchev–Trinajstić information content (AvgIpc) is 3.44. The molecule has 5 rings (SSSR count). The summed E-state index contributed by atoms with van der Waals surface area (Å²) in [4.78, 5) is 32.7. The molecule has 1 atom stereocenters. The fourth-order valence-electron chi connectivity index (χ4n) is 4.36. The first-order valence-corrected chi connectivity index (χ1v) is 12.8. The van der Waals surface area contributed by atoms with Crippen molar-refractivity contribution in [3.63, 3.8) is 0 Å². The molecule has 1 aromatic heterocycles. The molecule has 2 aliphatic heterocycles. The Kier molecular flexibility index (Phi) is 7.90. The third kappa shape index (κ3) is 6.15. The van der Waals surface area contributed by atoms with Gasteiger partial charge in [-0.1, -0.05) is 23.7 Å². The van der Waals surface area contributed by atoms with Gasteiger partial charge in [-0.25, -0.2) is 4.99 Å². The standard InChI is InChI=1S/C27H28ClN5O5/c1-17-14-21(6-7-23(17)38-24-10-13-37-32-24)30-27-29-15-22(31-25(34)19-8-11-36-12-9-19)26(35)33(27)16-18-2-4-20(28)5-3-18/h2-7,10,13-14,19,22H,8-9,11-12,15-16H2,1H3,(H,29,30)(H,31,34). The number of guanidine groups is 1. The van der Waals surface area contributed by atoms with Crippen LogP contribution < -0.4 is 15.4 Å². The van der Waals surface area contributed by atoms with Gasteiger partial charge in [-0.05, 0) is 66.4 Å². The maximum atomic E-state index is 13.6. The number of ether oxygens (including phenoxy) is 2. The molecule has 0 bridgehead atoms. The van der Waals surface area contributed by atoms with Crippen molar-refractivity contribution in [1.82, 2.24) is 15.4 Å². The van der Waals surface area contributed by atoms with Crippen LogP contribution in [0.4, 0.5) is 5.69 Å². The highest BCUT2D eigenvalue weighted by Gasteiger charge is 2.35. The molecule has 0 radical (unpaired) electrons. The highest BCUT2D eigenvalue weighted by Crippen LogP contribution is 2.27. The Hall–Kier alpha value is -3.89. The van der Waals surface area contributed by atoms with E-state index in [0.717, 1.165) is 16.8 Å².